The molecule has 0 bridgehead atoms. The molecule has 0 aromatic heterocycles. The first-order chi connectivity index (χ1) is 22.8. The van der Waals surface area contributed by atoms with Crippen LogP contribution in [0.2, 0.25) is 0 Å². The van der Waals surface area contributed by atoms with Crippen LogP contribution in [0.3, 0.4) is 0 Å². The van der Waals surface area contributed by atoms with Crippen LogP contribution in [0, 0.1) is 23.7 Å². The molecule has 12 heteroatoms. The van der Waals surface area contributed by atoms with Crippen molar-refractivity contribution < 1.29 is 38.0 Å². The van der Waals surface area contributed by atoms with Crippen LogP contribution < -0.4 is 15.4 Å². The molecule has 1 atom stereocenters. The summed E-state index contributed by atoms with van der Waals surface area (Å²) in [6.07, 6.45) is 2.25. The van der Waals surface area contributed by atoms with Gasteiger partial charge in [-0.2, -0.15) is 0 Å². The Morgan fingerprint density at radius 2 is 1.50 bits per heavy atom. The van der Waals surface area contributed by atoms with Gasteiger partial charge in [-0.15, -0.1) is 0 Å². The fourth-order valence-corrected chi connectivity index (χ4v) is 5.88. The van der Waals surface area contributed by atoms with E-state index in [1.54, 1.807) is 39.8 Å². The maximum Gasteiger partial charge on any atom is 0.251 e. The van der Waals surface area contributed by atoms with Crippen LogP contribution in [0.15, 0.2) is 24.3 Å². The zero-order chi connectivity index (χ0) is 35.7. The summed E-state index contributed by atoms with van der Waals surface area (Å²) in [5.41, 5.74) is 0.491. The van der Waals surface area contributed by atoms with Crippen molar-refractivity contribution >= 4 is 33.4 Å². The van der Waals surface area contributed by atoms with E-state index in [-0.39, 0.29) is 48.9 Å². The Labute approximate surface area is 297 Å². The summed E-state index contributed by atoms with van der Waals surface area (Å²) >= 11 is 0. The highest BCUT2D eigenvalue weighted by atomic mass is 33.1. The van der Waals surface area contributed by atoms with Crippen molar-refractivity contribution in [3.63, 3.8) is 0 Å². The quantitative estimate of drug-likeness (QED) is 0.0515. The number of nitrogens with one attached hydrogen (secondary N) is 2. The lowest BCUT2D eigenvalue weighted by molar-refractivity contribution is -0.126. The number of rotatable bonds is 26. The van der Waals surface area contributed by atoms with Gasteiger partial charge in [0.1, 0.15) is 19.0 Å². The minimum Gasteiger partial charge on any atom is -0.490 e. The van der Waals surface area contributed by atoms with Crippen LogP contribution >= 0.6 is 21.6 Å². The van der Waals surface area contributed by atoms with Crippen LogP contribution in [0.4, 0.5) is 0 Å². The first-order valence-corrected chi connectivity index (χ1v) is 19.0. The van der Waals surface area contributed by atoms with E-state index in [0.717, 1.165) is 13.0 Å². The first kappa shape index (κ1) is 44.0. The van der Waals surface area contributed by atoms with Gasteiger partial charge in [0.2, 0.25) is 5.91 Å². The molecule has 1 aromatic carbocycles. The highest BCUT2D eigenvalue weighted by molar-refractivity contribution is 8.77. The molecule has 0 aliphatic rings. The minimum atomic E-state index is -0.713. The molecule has 0 aliphatic heterocycles. The molecule has 1 aromatic rings. The van der Waals surface area contributed by atoms with Crippen molar-refractivity contribution in [3.05, 3.63) is 29.8 Å². The zero-order valence-electron chi connectivity index (χ0n) is 30.4. The van der Waals surface area contributed by atoms with Crippen molar-refractivity contribution in [3.8, 4) is 17.6 Å². The Balaban J connectivity index is 2.40. The second kappa shape index (κ2) is 25.9. The number of carbonyl (C=O) groups is 2. The van der Waals surface area contributed by atoms with Crippen molar-refractivity contribution in [2.75, 3.05) is 79.2 Å². The summed E-state index contributed by atoms with van der Waals surface area (Å²) in [5.74, 6) is 7.01. The lowest BCUT2D eigenvalue weighted by Gasteiger charge is -2.31. The van der Waals surface area contributed by atoms with Crippen LogP contribution in [0.5, 0.6) is 5.75 Å². The number of hydrogen-bond acceptors (Lipinski definition) is 10. The minimum absolute atomic E-state index is 0.00132. The van der Waals surface area contributed by atoms with Gasteiger partial charge in [0.25, 0.3) is 5.91 Å². The standard InChI is InChI=1S/C36H60N2O8S2/c1-29(2)12-10-16-37-33(39)27-44-24-25-46-36(8,48-47-35(5,6)7)28-45-32-15-9-14-31(26-32)34(40)38-17-19-42-21-23-43-22-20-41-18-11-13-30(3)4/h9,14-15,26,29-30H,11,13,16-25,27-28H2,1-8H3,(H,37,39)(H,38,40). The third-order valence-corrected chi connectivity index (χ3v) is 10.0. The van der Waals surface area contributed by atoms with E-state index in [2.05, 4.69) is 57.1 Å². The third-order valence-electron chi connectivity index (χ3n) is 6.04. The highest BCUT2D eigenvalue weighted by Crippen LogP contribution is 2.44. The second-order valence-corrected chi connectivity index (χ2v) is 16.4. The molecule has 0 saturated carbocycles. The fourth-order valence-electron chi connectivity index (χ4n) is 3.65. The molecule has 274 valence electrons. The van der Waals surface area contributed by atoms with Crippen molar-refractivity contribution in [2.45, 2.75) is 77.9 Å². The lowest BCUT2D eigenvalue weighted by Crippen LogP contribution is -2.34. The van der Waals surface area contributed by atoms with E-state index in [4.69, 9.17) is 28.4 Å². The Hall–Kier alpha value is -1.98. The average molecular weight is 713 g/mol. The fraction of sp³-hybridized carbons (Fsp3) is 0.722. The van der Waals surface area contributed by atoms with Crippen LogP contribution in [0.1, 0.15) is 78.6 Å². The van der Waals surface area contributed by atoms with Gasteiger partial charge in [0.05, 0.1) is 52.8 Å². The van der Waals surface area contributed by atoms with Crippen LogP contribution in [-0.2, 0) is 28.5 Å². The summed E-state index contributed by atoms with van der Waals surface area (Å²) in [4.78, 5) is 24.0. The molecule has 0 radical (unpaired) electrons. The molecule has 48 heavy (non-hydrogen) atoms. The molecule has 2 N–H and O–H groups in total. The molecule has 10 nitrogen and oxygen atoms in total. The second-order valence-electron chi connectivity index (χ2n) is 13.0. The van der Waals surface area contributed by atoms with E-state index < -0.39 is 4.93 Å². The van der Waals surface area contributed by atoms with Gasteiger partial charge < -0.3 is 39.1 Å². The van der Waals surface area contributed by atoms with E-state index in [1.807, 2.05) is 26.8 Å². The maximum absolute atomic E-state index is 12.7. The topological polar surface area (TPSA) is 114 Å². The normalized spacial score (nSPS) is 12.8. The molecule has 0 heterocycles. The molecule has 1 unspecified atom stereocenters. The molecule has 1 rings (SSSR count). The van der Waals surface area contributed by atoms with Gasteiger partial charge >= 0.3 is 0 Å². The average Bonchev–Trinajstić information content (AvgIpc) is 3.03. The molecule has 0 aliphatic carbocycles. The summed E-state index contributed by atoms with van der Waals surface area (Å²) in [7, 11) is 3.27. The smallest absolute Gasteiger partial charge is 0.251 e. The number of hydrogen-bond donors (Lipinski definition) is 2. The molecule has 0 saturated heterocycles. The third kappa shape index (κ3) is 25.1. The summed E-state index contributed by atoms with van der Waals surface area (Å²) < 4.78 is 34.5. The molecule has 2 amide bonds. The van der Waals surface area contributed by atoms with Crippen molar-refractivity contribution in [1.29, 1.82) is 0 Å². The number of amides is 2. The van der Waals surface area contributed by atoms with Crippen LogP contribution in [-0.4, -0.2) is 101 Å². The monoisotopic (exact) mass is 712 g/mol. The first-order valence-electron chi connectivity index (χ1n) is 16.9. The Morgan fingerprint density at radius 1 is 0.833 bits per heavy atom. The van der Waals surface area contributed by atoms with E-state index in [9.17, 15) is 9.59 Å². The predicted molar refractivity (Wildman–Crippen MR) is 197 cm³/mol. The van der Waals surface area contributed by atoms with Crippen LogP contribution in [0.25, 0.3) is 0 Å². The Kier molecular flexibility index (Phi) is 23.8. The van der Waals surface area contributed by atoms with Gasteiger partial charge in [-0.3, -0.25) is 9.59 Å². The SMILES string of the molecule is CC(C)C#CCNC(=O)COCCOC(C)(COc1cccc(C(=O)NCCOCCOCCOCCCC(C)C)c1)SSC(C)(C)C. The molecule has 0 spiro atoms. The Bertz CT molecular complexity index is 1090. The summed E-state index contributed by atoms with van der Waals surface area (Å²) in [6, 6.07) is 7.05. The lowest BCUT2D eigenvalue weighted by atomic mass is 10.1. The van der Waals surface area contributed by atoms with E-state index >= 15 is 0 Å². The summed E-state index contributed by atoms with van der Waals surface area (Å²) in [5, 5.41) is 5.60. The van der Waals surface area contributed by atoms with Crippen molar-refractivity contribution in [2.24, 2.45) is 11.8 Å². The van der Waals surface area contributed by atoms with E-state index in [0.29, 0.717) is 63.4 Å². The summed E-state index contributed by atoms with van der Waals surface area (Å²) in [6.45, 7) is 21.4. The number of ether oxygens (including phenoxy) is 6. The molecular weight excluding hydrogens is 653 g/mol. The largest absolute Gasteiger partial charge is 0.490 e. The van der Waals surface area contributed by atoms with Crippen molar-refractivity contribution in [1.82, 2.24) is 10.6 Å². The predicted octanol–water partition coefficient (Wildman–Crippen LogP) is 5.99. The van der Waals surface area contributed by atoms with Gasteiger partial charge in [-0.25, -0.2) is 0 Å². The van der Waals surface area contributed by atoms with Gasteiger partial charge in [-0.05, 0) is 43.9 Å². The van der Waals surface area contributed by atoms with Gasteiger partial charge in [-0.1, -0.05) is 88.0 Å². The highest BCUT2D eigenvalue weighted by Gasteiger charge is 2.30. The molecule has 0 fully saturated rings. The van der Waals surface area contributed by atoms with E-state index in [1.165, 1.54) is 6.42 Å². The zero-order valence-corrected chi connectivity index (χ0v) is 32.1. The number of benzene rings is 1. The van der Waals surface area contributed by atoms with Gasteiger partial charge in [0, 0.05) is 29.4 Å². The maximum atomic E-state index is 12.7. The van der Waals surface area contributed by atoms with Gasteiger partial charge in [0.15, 0.2) is 4.93 Å². The number of carbonyl (C=O) groups excluding carboxylic acids is 2. The Morgan fingerprint density at radius 3 is 2.17 bits per heavy atom. The molecular formula is C36H60N2O8S2.